The van der Waals surface area contributed by atoms with E-state index in [4.69, 9.17) is 5.73 Å². The fourth-order valence-electron chi connectivity index (χ4n) is 1.38. The van der Waals surface area contributed by atoms with Crippen molar-refractivity contribution in [2.75, 3.05) is 0 Å². The Balaban J connectivity index is 2.06. The van der Waals surface area contributed by atoms with Gasteiger partial charge in [0.15, 0.2) is 0 Å². The van der Waals surface area contributed by atoms with Gasteiger partial charge >= 0.3 is 0 Å². The van der Waals surface area contributed by atoms with Gasteiger partial charge in [0.25, 0.3) is 0 Å². The number of nitrogens with zero attached hydrogens (tertiary/aromatic N) is 1. The number of nitrogens with two attached hydrogens (primary N) is 1. The first kappa shape index (κ1) is 9.37. The van der Waals surface area contributed by atoms with E-state index in [9.17, 15) is 0 Å². The molecule has 14 heavy (non-hydrogen) atoms. The van der Waals surface area contributed by atoms with Crippen molar-refractivity contribution in [1.82, 2.24) is 4.98 Å². The maximum Gasteiger partial charge on any atom is 0.0430 e. The van der Waals surface area contributed by atoms with Gasteiger partial charge in [0, 0.05) is 23.3 Å². The van der Waals surface area contributed by atoms with E-state index >= 15 is 0 Å². The maximum atomic E-state index is 6.06. The Kier molecular flexibility index (Phi) is 2.91. The van der Waals surface area contributed by atoms with Crippen molar-refractivity contribution in [3.8, 4) is 0 Å². The van der Waals surface area contributed by atoms with Gasteiger partial charge in [0.05, 0.1) is 0 Å². The van der Waals surface area contributed by atoms with Crippen LogP contribution in [-0.2, 0) is 6.42 Å². The number of hydrogen-bond acceptors (Lipinski definition) is 3. The molecule has 0 aromatic carbocycles. The Bertz CT molecular complexity index is 369. The molecule has 2 rings (SSSR count). The average molecular weight is 204 g/mol. The summed E-state index contributed by atoms with van der Waals surface area (Å²) in [6.07, 6.45) is 4.48. The van der Waals surface area contributed by atoms with Crippen LogP contribution in [0, 0.1) is 0 Å². The zero-order valence-electron chi connectivity index (χ0n) is 7.76. The van der Waals surface area contributed by atoms with Crippen LogP contribution in [0.5, 0.6) is 0 Å². The quantitative estimate of drug-likeness (QED) is 0.833. The van der Waals surface area contributed by atoms with Crippen molar-refractivity contribution in [2.45, 2.75) is 12.5 Å². The van der Waals surface area contributed by atoms with Crippen molar-refractivity contribution in [2.24, 2.45) is 5.73 Å². The normalized spacial score (nSPS) is 12.6. The van der Waals surface area contributed by atoms with Gasteiger partial charge in [-0.2, -0.15) is 0 Å². The third kappa shape index (κ3) is 2.19. The molecule has 0 aliphatic heterocycles. The minimum Gasteiger partial charge on any atom is -0.323 e. The molecule has 72 valence electrons. The molecule has 0 aliphatic rings. The van der Waals surface area contributed by atoms with Gasteiger partial charge in [-0.05, 0) is 35.6 Å². The summed E-state index contributed by atoms with van der Waals surface area (Å²) < 4.78 is 0. The summed E-state index contributed by atoms with van der Waals surface area (Å²) in [6.45, 7) is 0. The molecule has 0 aliphatic carbocycles. The molecule has 0 amide bonds. The molecule has 2 aromatic rings. The fraction of sp³-hybridized carbons (Fsp3) is 0.182. The van der Waals surface area contributed by atoms with Crippen molar-refractivity contribution in [3.05, 3.63) is 52.5 Å². The highest BCUT2D eigenvalue weighted by atomic mass is 32.1. The van der Waals surface area contributed by atoms with Crippen LogP contribution >= 0.6 is 11.3 Å². The lowest BCUT2D eigenvalue weighted by Crippen LogP contribution is -2.11. The van der Waals surface area contributed by atoms with Crippen LogP contribution in [0.1, 0.15) is 16.5 Å². The number of thiophene rings is 1. The van der Waals surface area contributed by atoms with Crippen molar-refractivity contribution in [1.29, 1.82) is 0 Å². The smallest absolute Gasteiger partial charge is 0.0430 e. The number of rotatable bonds is 3. The Morgan fingerprint density at radius 3 is 2.71 bits per heavy atom. The van der Waals surface area contributed by atoms with E-state index in [0.29, 0.717) is 0 Å². The van der Waals surface area contributed by atoms with E-state index in [2.05, 4.69) is 16.4 Å². The highest BCUT2D eigenvalue weighted by Gasteiger charge is 2.07. The first-order valence-electron chi connectivity index (χ1n) is 4.54. The number of aromatic nitrogens is 1. The third-order valence-electron chi connectivity index (χ3n) is 2.11. The van der Waals surface area contributed by atoms with Gasteiger partial charge in [0.1, 0.15) is 0 Å². The molecule has 2 heterocycles. The lowest BCUT2D eigenvalue weighted by Gasteiger charge is -2.08. The Morgan fingerprint density at radius 2 is 2.07 bits per heavy atom. The summed E-state index contributed by atoms with van der Waals surface area (Å²) in [4.78, 5) is 5.21. The molecule has 0 fully saturated rings. The minimum absolute atomic E-state index is 0.109. The van der Waals surface area contributed by atoms with Gasteiger partial charge in [-0.1, -0.05) is 6.07 Å². The van der Waals surface area contributed by atoms with Gasteiger partial charge < -0.3 is 5.73 Å². The summed E-state index contributed by atoms with van der Waals surface area (Å²) in [5.74, 6) is 0. The highest BCUT2D eigenvalue weighted by molar-refractivity contribution is 7.10. The van der Waals surface area contributed by atoms with Crippen LogP contribution < -0.4 is 5.73 Å². The Morgan fingerprint density at radius 1 is 1.29 bits per heavy atom. The summed E-state index contributed by atoms with van der Waals surface area (Å²) in [5.41, 5.74) is 7.30. The SMILES string of the molecule is N[C@H](Cc1ccncc1)c1cccs1. The van der Waals surface area contributed by atoms with E-state index in [1.165, 1.54) is 10.4 Å². The lowest BCUT2D eigenvalue weighted by atomic mass is 10.1. The summed E-state index contributed by atoms with van der Waals surface area (Å²) >= 11 is 1.71. The summed E-state index contributed by atoms with van der Waals surface area (Å²) in [5, 5.41) is 2.06. The predicted octanol–water partition coefficient (Wildman–Crippen LogP) is 2.39. The average Bonchev–Trinajstić information content (AvgIpc) is 2.72. The maximum absolute atomic E-state index is 6.06. The molecule has 2 N–H and O–H groups in total. The Labute approximate surface area is 87.4 Å². The first-order valence-corrected chi connectivity index (χ1v) is 5.42. The zero-order valence-corrected chi connectivity index (χ0v) is 8.58. The molecule has 0 unspecified atom stereocenters. The second-order valence-corrected chi connectivity index (χ2v) is 4.16. The van der Waals surface area contributed by atoms with Crippen LogP contribution in [0.3, 0.4) is 0 Å². The van der Waals surface area contributed by atoms with E-state index < -0.39 is 0 Å². The van der Waals surface area contributed by atoms with Crippen LogP contribution in [0.4, 0.5) is 0 Å². The standard InChI is InChI=1S/C11H12N2S/c12-10(11-2-1-7-14-11)8-9-3-5-13-6-4-9/h1-7,10H,8,12H2/t10-/m1/s1. The molecule has 2 nitrogen and oxygen atoms in total. The second-order valence-electron chi connectivity index (χ2n) is 3.18. The van der Waals surface area contributed by atoms with Crippen LogP contribution in [0.25, 0.3) is 0 Å². The number of hydrogen-bond donors (Lipinski definition) is 1. The largest absolute Gasteiger partial charge is 0.323 e. The van der Waals surface area contributed by atoms with Crippen LogP contribution in [-0.4, -0.2) is 4.98 Å². The van der Waals surface area contributed by atoms with Crippen molar-refractivity contribution < 1.29 is 0 Å². The zero-order chi connectivity index (χ0) is 9.80. The molecule has 0 radical (unpaired) electrons. The Hall–Kier alpha value is -1.19. The van der Waals surface area contributed by atoms with E-state index in [1.807, 2.05) is 18.2 Å². The van der Waals surface area contributed by atoms with E-state index in [0.717, 1.165) is 6.42 Å². The van der Waals surface area contributed by atoms with Crippen molar-refractivity contribution >= 4 is 11.3 Å². The first-order chi connectivity index (χ1) is 6.86. The molecule has 0 bridgehead atoms. The molecular weight excluding hydrogens is 192 g/mol. The molecule has 0 saturated heterocycles. The predicted molar refractivity (Wildman–Crippen MR) is 59.2 cm³/mol. The number of pyridine rings is 1. The van der Waals surface area contributed by atoms with E-state index in [1.54, 1.807) is 23.7 Å². The summed E-state index contributed by atoms with van der Waals surface area (Å²) in [6, 6.07) is 8.24. The van der Waals surface area contributed by atoms with Crippen molar-refractivity contribution in [3.63, 3.8) is 0 Å². The molecule has 1 atom stereocenters. The van der Waals surface area contributed by atoms with Crippen LogP contribution in [0.2, 0.25) is 0 Å². The second kappa shape index (κ2) is 4.35. The molecule has 0 saturated carbocycles. The third-order valence-corrected chi connectivity index (χ3v) is 3.12. The van der Waals surface area contributed by atoms with Crippen LogP contribution in [0.15, 0.2) is 42.0 Å². The van der Waals surface area contributed by atoms with Gasteiger partial charge in [-0.3, -0.25) is 4.98 Å². The lowest BCUT2D eigenvalue weighted by molar-refractivity contribution is 0.735. The highest BCUT2D eigenvalue weighted by Crippen LogP contribution is 2.20. The van der Waals surface area contributed by atoms with Gasteiger partial charge in [-0.15, -0.1) is 11.3 Å². The topological polar surface area (TPSA) is 38.9 Å². The monoisotopic (exact) mass is 204 g/mol. The summed E-state index contributed by atoms with van der Waals surface area (Å²) in [7, 11) is 0. The molecular formula is C11H12N2S. The van der Waals surface area contributed by atoms with Gasteiger partial charge in [-0.25, -0.2) is 0 Å². The molecule has 3 heteroatoms. The fourth-order valence-corrected chi connectivity index (χ4v) is 2.11. The molecule has 0 spiro atoms. The van der Waals surface area contributed by atoms with Gasteiger partial charge in [0.2, 0.25) is 0 Å². The minimum atomic E-state index is 0.109. The molecule has 2 aromatic heterocycles. The van der Waals surface area contributed by atoms with E-state index in [-0.39, 0.29) is 6.04 Å².